The van der Waals surface area contributed by atoms with Gasteiger partial charge in [-0.15, -0.1) is 0 Å². The van der Waals surface area contributed by atoms with Gasteiger partial charge in [0.15, 0.2) is 11.5 Å². The quantitative estimate of drug-likeness (QED) is 0.564. The topological polar surface area (TPSA) is 104 Å². The van der Waals surface area contributed by atoms with Crippen LogP contribution in [0.5, 0.6) is 23.0 Å². The van der Waals surface area contributed by atoms with Crippen molar-refractivity contribution < 1.29 is 19.1 Å². The summed E-state index contributed by atoms with van der Waals surface area (Å²) in [6.07, 6.45) is 0. The average Bonchev–Trinajstić information content (AvgIpc) is 2.61. The van der Waals surface area contributed by atoms with Crippen LogP contribution < -0.4 is 19.8 Å². The molecule has 128 valence electrons. The number of aromatic amines is 1. The minimum absolute atomic E-state index is 0.0467. The van der Waals surface area contributed by atoms with Crippen LogP contribution in [0.2, 0.25) is 0 Å². The molecule has 1 aromatic heterocycles. The number of aromatic nitrogens is 1. The number of H-pyrrole nitrogens is 1. The molecule has 0 fully saturated rings. The van der Waals surface area contributed by atoms with E-state index < -0.39 is 4.92 Å². The Morgan fingerprint density at radius 2 is 1.60 bits per heavy atom. The number of pyridine rings is 1. The first-order valence-electron chi connectivity index (χ1n) is 7.23. The van der Waals surface area contributed by atoms with Gasteiger partial charge in [0.1, 0.15) is 11.5 Å². The summed E-state index contributed by atoms with van der Waals surface area (Å²) in [6, 6.07) is 10.2. The number of fused-ring (bicyclic) bond motifs is 1. The Kier molecular flexibility index (Phi) is 4.25. The van der Waals surface area contributed by atoms with E-state index in [0.717, 1.165) is 0 Å². The molecule has 25 heavy (non-hydrogen) atoms. The molecule has 0 unspecified atom stereocenters. The van der Waals surface area contributed by atoms with Gasteiger partial charge in [-0.25, -0.2) is 0 Å². The molecule has 0 aliphatic rings. The molecule has 0 saturated heterocycles. The van der Waals surface area contributed by atoms with E-state index in [4.69, 9.17) is 14.2 Å². The van der Waals surface area contributed by atoms with E-state index in [0.29, 0.717) is 33.9 Å². The summed E-state index contributed by atoms with van der Waals surface area (Å²) < 4.78 is 16.2. The van der Waals surface area contributed by atoms with Crippen molar-refractivity contribution in [2.24, 2.45) is 0 Å². The van der Waals surface area contributed by atoms with Gasteiger partial charge in [-0.1, -0.05) is 0 Å². The number of nitrogens with zero attached hydrogens (tertiary/aromatic N) is 1. The van der Waals surface area contributed by atoms with Crippen LogP contribution in [0.15, 0.2) is 47.3 Å². The second kappa shape index (κ2) is 6.52. The maximum atomic E-state index is 11.9. The number of rotatable bonds is 5. The van der Waals surface area contributed by atoms with Crippen molar-refractivity contribution in [3.8, 4) is 23.0 Å². The first-order valence-corrected chi connectivity index (χ1v) is 7.23. The lowest BCUT2D eigenvalue weighted by Crippen LogP contribution is -2.05. The standard InChI is InChI=1S/C17H14N2O6/c1-23-15-7-12-13(8-16(15)24-2)18-17(20)9-14(12)25-11-5-3-10(4-6-11)19(21)22/h3-9H,1-2H3,(H,18,20). The van der Waals surface area contributed by atoms with Gasteiger partial charge in [-0.2, -0.15) is 0 Å². The fourth-order valence-corrected chi connectivity index (χ4v) is 2.40. The lowest BCUT2D eigenvalue weighted by Gasteiger charge is -2.12. The molecule has 3 aromatic rings. The maximum Gasteiger partial charge on any atom is 0.269 e. The summed E-state index contributed by atoms with van der Waals surface area (Å²) in [6.45, 7) is 0. The van der Waals surface area contributed by atoms with Crippen LogP contribution >= 0.6 is 0 Å². The van der Waals surface area contributed by atoms with Crippen molar-refractivity contribution >= 4 is 16.6 Å². The molecule has 8 heteroatoms. The molecule has 0 aliphatic heterocycles. The zero-order valence-electron chi connectivity index (χ0n) is 13.4. The van der Waals surface area contributed by atoms with Gasteiger partial charge in [-0.3, -0.25) is 14.9 Å². The van der Waals surface area contributed by atoms with Crippen LogP contribution in [0.25, 0.3) is 10.9 Å². The van der Waals surface area contributed by atoms with E-state index in [1.807, 2.05) is 0 Å². The van der Waals surface area contributed by atoms with E-state index in [1.165, 1.54) is 44.6 Å². The minimum Gasteiger partial charge on any atom is -0.493 e. The predicted octanol–water partition coefficient (Wildman–Crippen LogP) is 3.25. The van der Waals surface area contributed by atoms with Gasteiger partial charge in [0, 0.05) is 29.7 Å². The van der Waals surface area contributed by atoms with Crippen LogP contribution in [-0.4, -0.2) is 24.1 Å². The first-order chi connectivity index (χ1) is 12.0. The van der Waals surface area contributed by atoms with Crippen molar-refractivity contribution in [2.45, 2.75) is 0 Å². The normalized spacial score (nSPS) is 10.5. The van der Waals surface area contributed by atoms with Gasteiger partial charge in [0.25, 0.3) is 11.2 Å². The van der Waals surface area contributed by atoms with Crippen LogP contribution in [-0.2, 0) is 0 Å². The lowest BCUT2D eigenvalue weighted by molar-refractivity contribution is -0.384. The Labute approximate surface area is 141 Å². The number of hydrogen-bond acceptors (Lipinski definition) is 6. The zero-order chi connectivity index (χ0) is 18.0. The summed E-state index contributed by atoms with van der Waals surface area (Å²) >= 11 is 0. The second-order valence-electron chi connectivity index (χ2n) is 5.10. The van der Waals surface area contributed by atoms with Gasteiger partial charge in [-0.05, 0) is 18.2 Å². The number of ether oxygens (including phenoxy) is 3. The van der Waals surface area contributed by atoms with Gasteiger partial charge in [0.2, 0.25) is 0 Å². The summed E-state index contributed by atoms with van der Waals surface area (Å²) in [5, 5.41) is 11.3. The van der Waals surface area contributed by atoms with Crippen LogP contribution in [0.1, 0.15) is 0 Å². The highest BCUT2D eigenvalue weighted by atomic mass is 16.6. The Bertz CT molecular complexity index is 994. The summed E-state index contributed by atoms with van der Waals surface area (Å²) in [5.41, 5.74) is 0.119. The Balaban J connectivity index is 2.08. The third-order valence-electron chi connectivity index (χ3n) is 3.58. The van der Waals surface area contributed by atoms with E-state index in [2.05, 4.69) is 4.98 Å². The van der Waals surface area contributed by atoms with Crippen LogP contribution in [0.4, 0.5) is 5.69 Å². The number of nitro groups is 1. The number of nitro benzene ring substituents is 1. The SMILES string of the molecule is COc1cc2[nH]c(=O)cc(Oc3ccc([N+](=O)[O-])cc3)c2cc1OC. The van der Waals surface area contributed by atoms with E-state index in [-0.39, 0.29) is 11.2 Å². The molecule has 0 bridgehead atoms. The third-order valence-corrected chi connectivity index (χ3v) is 3.58. The fraction of sp³-hybridized carbons (Fsp3) is 0.118. The molecule has 8 nitrogen and oxygen atoms in total. The van der Waals surface area contributed by atoms with Gasteiger partial charge < -0.3 is 19.2 Å². The predicted molar refractivity (Wildman–Crippen MR) is 90.8 cm³/mol. The Hall–Kier alpha value is -3.55. The molecule has 0 radical (unpaired) electrons. The molecule has 0 aliphatic carbocycles. The molecule has 1 heterocycles. The molecule has 0 spiro atoms. The van der Waals surface area contributed by atoms with Crippen LogP contribution in [0.3, 0.4) is 0 Å². The molecule has 3 rings (SSSR count). The number of methoxy groups -OCH3 is 2. The Morgan fingerprint density at radius 1 is 0.960 bits per heavy atom. The van der Waals surface area contributed by atoms with Gasteiger partial charge >= 0.3 is 0 Å². The van der Waals surface area contributed by atoms with Crippen molar-refractivity contribution in [2.75, 3.05) is 14.2 Å². The summed E-state index contributed by atoms with van der Waals surface area (Å²) in [4.78, 5) is 24.8. The van der Waals surface area contributed by atoms with Gasteiger partial charge in [0.05, 0.1) is 24.7 Å². The lowest BCUT2D eigenvalue weighted by atomic mass is 10.1. The van der Waals surface area contributed by atoms with Crippen molar-refractivity contribution in [1.82, 2.24) is 4.98 Å². The molecule has 2 aromatic carbocycles. The highest BCUT2D eigenvalue weighted by Gasteiger charge is 2.13. The highest BCUT2D eigenvalue weighted by Crippen LogP contribution is 2.36. The molecule has 0 atom stereocenters. The number of benzene rings is 2. The van der Waals surface area contributed by atoms with E-state index in [1.54, 1.807) is 12.1 Å². The summed E-state index contributed by atoms with van der Waals surface area (Å²) in [5.74, 6) is 1.62. The monoisotopic (exact) mass is 342 g/mol. The summed E-state index contributed by atoms with van der Waals surface area (Å²) in [7, 11) is 3.01. The number of hydrogen-bond donors (Lipinski definition) is 1. The molecule has 1 N–H and O–H groups in total. The highest BCUT2D eigenvalue weighted by molar-refractivity contribution is 5.88. The number of non-ortho nitro benzene ring substituents is 1. The number of nitrogens with one attached hydrogen (secondary N) is 1. The molecule has 0 amide bonds. The van der Waals surface area contributed by atoms with E-state index >= 15 is 0 Å². The maximum absolute atomic E-state index is 11.9. The molecule has 0 saturated carbocycles. The van der Waals surface area contributed by atoms with Crippen molar-refractivity contribution in [3.63, 3.8) is 0 Å². The average molecular weight is 342 g/mol. The van der Waals surface area contributed by atoms with Crippen LogP contribution in [0, 0.1) is 10.1 Å². The second-order valence-corrected chi connectivity index (χ2v) is 5.10. The van der Waals surface area contributed by atoms with Crippen molar-refractivity contribution in [1.29, 1.82) is 0 Å². The molecular formula is C17H14N2O6. The zero-order valence-corrected chi connectivity index (χ0v) is 13.4. The first kappa shape index (κ1) is 16.3. The minimum atomic E-state index is -0.496. The molecular weight excluding hydrogens is 328 g/mol. The largest absolute Gasteiger partial charge is 0.493 e. The van der Waals surface area contributed by atoms with Crippen molar-refractivity contribution in [3.05, 3.63) is 62.9 Å². The fourth-order valence-electron chi connectivity index (χ4n) is 2.40. The Morgan fingerprint density at radius 3 is 2.20 bits per heavy atom. The third kappa shape index (κ3) is 3.23. The van der Waals surface area contributed by atoms with E-state index in [9.17, 15) is 14.9 Å². The smallest absolute Gasteiger partial charge is 0.269 e.